The van der Waals surface area contributed by atoms with Gasteiger partial charge < -0.3 is 9.57 Å². The largest absolute Gasteiger partial charge is 0.490 e. The summed E-state index contributed by atoms with van der Waals surface area (Å²) in [5.74, 6) is 1.27. The van der Waals surface area contributed by atoms with Gasteiger partial charge in [-0.15, -0.1) is 0 Å². The van der Waals surface area contributed by atoms with Crippen LogP contribution in [0.1, 0.15) is 23.5 Å². The van der Waals surface area contributed by atoms with Crippen LogP contribution in [0.2, 0.25) is 5.02 Å². The quantitative estimate of drug-likeness (QED) is 0.182. The first-order valence-electron chi connectivity index (χ1n) is 10.00. The Morgan fingerprint density at radius 1 is 1.00 bits per heavy atom. The van der Waals surface area contributed by atoms with Crippen molar-refractivity contribution in [3.63, 3.8) is 0 Å². The third kappa shape index (κ3) is 5.41. The lowest BCUT2D eigenvalue weighted by atomic mass is 10.0. The van der Waals surface area contributed by atoms with Crippen LogP contribution in [0.5, 0.6) is 5.75 Å². The van der Waals surface area contributed by atoms with Crippen LogP contribution in [-0.2, 0) is 4.84 Å². The molecular formula is C24H21ClN2O4. The zero-order valence-corrected chi connectivity index (χ0v) is 17.4. The molecule has 0 radical (unpaired) electrons. The predicted molar refractivity (Wildman–Crippen MR) is 120 cm³/mol. The Kier molecular flexibility index (Phi) is 6.48. The smallest absolute Gasteiger partial charge is 0.269 e. The number of nitrogens with zero attached hydrogens (tertiary/aromatic N) is 2. The molecule has 0 unspecified atom stereocenters. The maximum absolute atomic E-state index is 11.0. The predicted octanol–water partition coefficient (Wildman–Crippen LogP) is 5.85. The molecule has 0 amide bonds. The molecule has 1 saturated carbocycles. The van der Waals surface area contributed by atoms with Crippen LogP contribution >= 0.6 is 11.6 Å². The molecule has 31 heavy (non-hydrogen) atoms. The van der Waals surface area contributed by atoms with Crippen molar-refractivity contribution >= 4 is 23.0 Å². The molecule has 1 fully saturated rings. The first-order chi connectivity index (χ1) is 15.1. The van der Waals surface area contributed by atoms with Crippen molar-refractivity contribution in [1.82, 2.24) is 0 Å². The van der Waals surface area contributed by atoms with E-state index >= 15 is 0 Å². The van der Waals surface area contributed by atoms with Gasteiger partial charge in [-0.25, -0.2) is 0 Å². The minimum atomic E-state index is -0.411. The number of ether oxygens (including phenoxy) is 1. The summed E-state index contributed by atoms with van der Waals surface area (Å²) >= 11 is 6.00. The van der Waals surface area contributed by atoms with Crippen LogP contribution in [0.25, 0.3) is 0 Å². The van der Waals surface area contributed by atoms with Gasteiger partial charge in [-0.2, -0.15) is 0 Å². The van der Waals surface area contributed by atoms with E-state index in [1.54, 1.807) is 12.1 Å². The van der Waals surface area contributed by atoms with Gasteiger partial charge in [0.2, 0.25) is 0 Å². The molecular weight excluding hydrogens is 416 g/mol. The Balaban J connectivity index is 1.45. The Morgan fingerprint density at radius 3 is 2.39 bits per heavy atom. The van der Waals surface area contributed by atoms with Crippen molar-refractivity contribution in [1.29, 1.82) is 0 Å². The van der Waals surface area contributed by atoms with Gasteiger partial charge in [-0.3, -0.25) is 10.1 Å². The van der Waals surface area contributed by atoms with E-state index in [9.17, 15) is 10.1 Å². The summed E-state index contributed by atoms with van der Waals surface area (Å²) in [5.41, 5.74) is 2.84. The Hall–Kier alpha value is -3.38. The van der Waals surface area contributed by atoms with Crippen molar-refractivity contribution in [2.45, 2.75) is 12.3 Å². The number of rotatable bonds is 9. The average Bonchev–Trinajstić information content (AvgIpc) is 3.58. The van der Waals surface area contributed by atoms with E-state index in [0.29, 0.717) is 24.2 Å². The lowest BCUT2D eigenvalue weighted by Gasteiger charge is -2.09. The molecule has 0 bridgehead atoms. The molecule has 7 heteroatoms. The van der Waals surface area contributed by atoms with Gasteiger partial charge in [-0.1, -0.05) is 47.1 Å². The minimum Gasteiger partial charge on any atom is -0.490 e. The van der Waals surface area contributed by atoms with Gasteiger partial charge in [0.15, 0.2) is 6.61 Å². The second-order valence-electron chi connectivity index (χ2n) is 7.28. The zero-order chi connectivity index (χ0) is 21.6. The van der Waals surface area contributed by atoms with Crippen LogP contribution in [0, 0.1) is 16.0 Å². The molecule has 0 spiro atoms. The summed E-state index contributed by atoms with van der Waals surface area (Å²) in [6.45, 7) is 0.663. The Bertz CT molecular complexity index is 1050. The van der Waals surface area contributed by atoms with Crippen LogP contribution in [0.15, 0.2) is 84.0 Å². The molecule has 2 atom stereocenters. The minimum absolute atomic E-state index is 0.0466. The first kappa shape index (κ1) is 20.9. The topological polar surface area (TPSA) is 74.0 Å². The summed E-state index contributed by atoms with van der Waals surface area (Å²) in [6, 6.07) is 23.7. The van der Waals surface area contributed by atoms with Gasteiger partial charge >= 0.3 is 0 Å². The number of benzene rings is 3. The highest BCUT2D eigenvalue weighted by Gasteiger charge is 2.43. The van der Waals surface area contributed by atoms with E-state index in [0.717, 1.165) is 23.4 Å². The average molecular weight is 437 g/mol. The number of halogens is 1. The van der Waals surface area contributed by atoms with E-state index in [1.807, 2.05) is 54.6 Å². The summed E-state index contributed by atoms with van der Waals surface area (Å²) < 4.78 is 5.63. The fraction of sp³-hybridized carbons (Fsp3) is 0.208. The number of hydrogen-bond acceptors (Lipinski definition) is 5. The van der Waals surface area contributed by atoms with Crippen LogP contribution in [-0.4, -0.2) is 23.8 Å². The van der Waals surface area contributed by atoms with Gasteiger partial charge in [-0.05, 0) is 54.3 Å². The van der Waals surface area contributed by atoms with Crippen molar-refractivity contribution in [3.05, 3.63) is 105 Å². The van der Waals surface area contributed by atoms with Crippen molar-refractivity contribution in [2.24, 2.45) is 11.1 Å². The number of nitro groups is 1. The third-order valence-electron chi connectivity index (χ3n) is 5.16. The van der Waals surface area contributed by atoms with E-state index in [2.05, 4.69) is 5.16 Å². The number of nitro benzene ring substituents is 1. The van der Waals surface area contributed by atoms with Gasteiger partial charge in [0, 0.05) is 28.6 Å². The fourth-order valence-electron chi connectivity index (χ4n) is 3.49. The summed E-state index contributed by atoms with van der Waals surface area (Å²) in [4.78, 5) is 16.1. The molecule has 3 aromatic carbocycles. The molecule has 0 aromatic heterocycles. The van der Waals surface area contributed by atoms with E-state index in [1.165, 1.54) is 17.7 Å². The fourth-order valence-corrected chi connectivity index (χ4v) is 3.62. The summed E-state index contributed by atoms with van der Waals surface area (Å²) in [7, 11) is 0. The molecule has 0 N–H and O–H groups in total. The van der Waals surface area contributed by atoms with Gasteiger partial charge in [0.05, 0.1) is 10.6 Å². The molecule has 1 aliphatic carbocycles. The lowest BCUT2D eigenvalue weighted by Crippen LogP contribution is -2.09. The molecule has 4 rings (SSSR count). The highest BCUT2D eigenvalue weighted by molar-refractivity contribution is 6.30. The van der Waals surface area contributed by atoms with Crippen LogP contribution < -0.4 is 4.74 Å². The number of oxime groups is 1. The van der Waals surface area contributed by atoms with E-state index in [-0.39, 0.29) is 11.6 Å². The molecule has 0 aliphatic heterocycles. The SMILES string of the molecule is O=[N+]([O-])c1ccc(/C(=N/OCCOc2ccccc2)[C@@H]2C[C@@H]2c2ccc(Cl)cc2)cc1. The van der Waals surface area contributed by atoms with Crippen molar-refractivity contribution in [2.75, 3.05) is 13.2 Å². The van der Waals surface area contributed by atoms with Gasteiger partial charge in [0.1, 0.15) is 12.4 Å². The molecule has 1 aliphatic rings. The summed E-state index contributed by atoms with van der Waals surface area (Å²) in [5, 5.41) is 16.1. The number of hydrogen-bond donors (Lipinski definition) is 0. The first-order valence-corrected chi connectivity index (χ1v) is 10.4. The Morgan fingerprint density at radius 2 is 1.71 bits per heavy atom. The van der Waals surface area contributed by atoms with Crippen LogP contribution in [0.3, 0.4) is 0 Å². The lowest BCUT2D eigenvalue weighted by molar-refractivity contribution is -0.384. The number of para-hydroxylation sites is 1. The second kappa shape index (κ2) is 9.62. The normalized spacial score (nSPS) is 17.8. The number of non-ortho nitro benzene ring substituents is 1. The van der Waals surface area contributed by atoms with Crippen molar-refractivity contribution < 1.29 is 14.5 Å². The third-order valence-corrected chi connectivity index (χ3v) is 5.42. The molecule has 6 nitrogen and oxygen atoms in total. The van der Waals surface area contributed by atoms with Crippen LogP contribution in [0.4, 0.5) is 5.69 Å². The van der Waals surface area contributed by atoms with Crippen molar-refractivity contribution in [3.8, 4) is 5.75 Å². The highest BCUT2D eigenvalue weighted by atomic mass is 35.5. The van der Waals surface area contributed by atoms with E-state index < -0.39 is 4.92 Å². The maximum Gasteiger partial charge on any atom is 0.269 e. The second-order valence-corrected chi connectivity index (χ2v) is 7.71. The molecule has 158 valence electrons. The Labute approximate surface area is 185 Å². The standard InChI is InChI=1S/C24H21ClN2O4/c25-19-10-6-17(7-11-19)22-16-23(22)24(18-8-12-20(13-9-18)27(28)29)26-31-15-14-30-21-4-2-1-3-5-21/h1-13,22-23H,14-16H2/b26-24-/t22-,23-/m1/s1. The van der Waals surface area contributed by atoms with E-state index in [4.69, 9.17) is 21.2 Å². The zero-order valence-electron chi connectivity index (χ0n) is 16.7. The molecule has 3 aromatic rings. The molecule has 0 saturated heterocycles. The maximum atomic E-state index is 11.0. The summed E-state index contributed by atoms with van der Waals surface area (Å²) in [6.07, 6.45) is 0.932. The monoisotopic (exact) mass is 436 g/mol. The molecule has 0 heterocycles. The van der Waals surface area contributed by atoms with Gasteiger partial charge in [0.25, 0.3) is 5.69 Å². The highest BCUT2D eigenvalue weighted by Crippen LogP contribution is 2.49.